The normalized spacial score (nSPS) is 20.3. The van der Waals surface area contributed by atoms with E-state index in [2.05, 4.69) is 26.6 Å². The highest BCUT2D eigenvalue weighted by atomic mass is 35.5. The molecule has 2 fully saturated rings. The summed E-state index contributed by atoms with van der Waals surface area (Å²) in [6, 6.07) is 10.0. The van der Waals surface area contributed by atoms with Gasteiger partial charge in [0, 0.05) is 50.0 Å². The van der Waals surface area contributed by atoms with Gasteiger partial charge in [-0.05, 0) is 55.0 Å². The van der Waals surface area contributed by atoms with Crippen LogP contribution in [0.4, 0.5) is 21.5 Å². The first-order valence-corrected chi connectivity index (χ1v) is 13.1. The van der Waals surface area contributed by atoms with Gasteiger partial charge in [-0.1, -0.05) is 17.7 Å². The van der Waals surface area contributed by atoms with E-state index >= 15 is 0 Å². The third-order valence-corrected chi connectivity index (χ3v) is 7.44. The summed E-state index contributed by atoms with van der Waals surface area (Å²) in [4.78, 5) is 16.8. The summed E-state index contributed by atoms with van der Waals surface area (Å²) in [5, 5.41) is 25.8. The van der Waals surface area contributed by atoms with Crippen molar-refractivity contribution in [1.82, 2.24) is 9.88 Å². The Morgan fingerprint density at radius 3 is 2.64 bits per heavy atom. The van der Waals surface area contributed by atoms with Crippen LogP contribution >= 0.6 is 11.6 Å². The Kier molecular flexibility index (Phi) is 9.36. The molecule has 0 bridgehead atoms. The zero-order valence-corrected chi connectivity index (χ0v) is 22.6. The number of anilines is 3. The number of aliphatic hydroxyl groups is 1. The number of methoxy groups -OCH3 is 1. The number of pyridine rings is 1. The second-order valence-electron chi connectivity index (χ2n) is 9.66. The van der Waals surface area contributed by atoms with E-state index in [-0.39, 0.29) is 11.1 Å². The number of aldehydes is 1. The van der Waals surface area contributed by atoms with Gasteiger partial charge < -0.3 is 20.5 Å². The van der Waals surface area contributed by atoms with E-state index in [1.165, 1.54) is 18.3 Å². The Bertz CT molecular complexity index is 1400. The maximum atomic E-state index is 13.4. The van der Waals surface area contributed by atoms with Gasteiger partial charge in [-0.3, -0.25) is 14.7 Å². The van der Waals surface area contributed by atoms with Crippen LogP contribution in [-0.4, -0.2) is 61.2 Å². The molecule has 204 valence electrons. The number of aromatic nitrogens is 1. The van der Waals surface area contributed by atoms with Gasteiger partial charge in [-0.2, -0.15) is 5.26 Å². The molecule has 1 aromatic heterocycles. The summed E-state index contributed by atoms with van der Waals surface area (Å²) in [7, 11) is 3.35. The van der Waals surface area contributed by atoms with Gasteiger partial charge in [0.05, 0.1) is 40.7 Å². The maximum Gasteiger partial charge on any atom is 0.144 e. The van der Waals surface area contributed by atoms with Gasteiger partial charge >= 0.3 is 0 Å². The number of aliphatic hydroxyl groups excluding tert-OH is 1. The summed E-state index contributed by atoms with van der Waals surface area (Å²) in [5.74, 6) is 1.52. The molecule has 2 atom stereocenters. The molecule has 1 aliphatic heterocycles. The molecular formula is C29H31ClFN5O3. The second-order valence-corrected chi connectivity index (χ2v) is 10.1. The lowest BCUT2D eigenvalue weighted by atomic mass is 10.0. The highest BCUT2D eigenvalue weighted by Gasteiger charge is 2.39. The first-order valence-electron chi connectivity index (χ1n) is 12.7. The van der Waals surface area contributed by atoms with Gasteiger partial charge in [0.1, 0.15) is 23.9 Å². The molecule has 39 heavy (non-hydrogen) atoms. The number of benzene rings is 2. The molecule has 0 radical (unpaired) electrons. The second kappa shape index (κ2) is 12.9. The van der Waals surface area contributed by atoms with Crippen LogP contribution in [0.25, 0.3) is 10.9 Å². The van der Waals surface area contributed by atoms with Gasteiger partial charge in [-0.25, -0.2) is 4.39 Å². The van der Waals surface area contributed by atoms with Gasteiger partial charge in [0.25, 0.3) is 0 Å². The van der Waals surface area contributed by atoms with Crippen LogP contribution in [0.3, 0.4) is 0 Å². The number of nitriles is 1. The Labute approximate surface area is 232 Å². The van der Waals surface area contributed by atoms with E-state index in [1.54, 1.807) is 32.4 Å². The minimum atomic E-state index is -0.505. The number of rotatable bonds is 7. The van der Waals surface area contributed by atoms with Crippen LogP contribution in [0.1, 0.15) is 18.4 Å². The number of carbonyl (C=O) groups excluding carboxylic acids is 1. The Balaban J connectivity index is 0.000000212. The fraction of sp³-hybridized carbons (Fsp3) is 0.345. The minimum Gasteiger partial charge on any atom is -0.495 e. The van der Waals surface area contributed by atoms with E-state index in [4.69, 9.17) is 16.3 Å². The highest BCUT2D eigenvalue weighted by molar-refractivity contribution is 6.31. The molecule has 10 heteroatoms. The molecular weight excluding hydrogens is 521 g/mol. The number of fused-ring (bicyclic) bond motifs is 2. The average Bonchev–Trinajstić information content (AvgIpc) is 3.47. The summed E-state index contributed by atoms with van der Waals surface area (Å²) < 4.78 is 18.7. The van der Waals surface area contributed by atoms with Crippen molar-refractivity contribution in [3.63, 3.8) is 0 Å². The predicted octanol–water partition coefficient (Wildman–Crippen LogP) is 5.14. The van der Waals surface area contributed by atoms with Crippen LogP contribution in [0.15, 0.2) is 48.7 Å². The van der Waals surface area contributed by atoms with Crippen molar-refractivity contribution in [3.8, 4) is 11.8 Å². The molecule has 5 rings (SSSR count). The third-order valence-electron chi connectivity index (χ3n) is 7.15. The quantitative estimate of drug-likeness (QED) is 0.273. The van der Waals surface area contributed by atoms with Gasteiger partial charge in [0.15, 0.2) is 0 Å². The minimum absolute atomic E-state index is 0.000507. The Morgan fingerprint density at radius 1 is 1.28 bits per heavy atom. The monoisotopic (exact) mass is 551 g/mol. The summed E-state index contributed by atoms with van der Waals surface area (Å²) >= 11 is 5.84. The first kappa shape index (κ1) is 28.3. The van der Waals surface area contributed by atoms with E-state index in [1.807, 2.05) is 12.1 Å². The van der Waals surface area contributed by atoms with Gasteiger partial charge in [-0.15, -0.1) is 0 Å². The molecule has 2 aromatic carbocycles. The molecule has 1 aliphatic carbocycles. The number of likely N-dealkylation sites (tertiary alicyclic amines) is 1. The van der Waals surface area contributed by atoms with Crippen molar-refractivity contribution in [3.05, 3.63) is 65.1 Å². The molecule has 0 spiro atoms. The zero-order chi connectivity index (χ0) is 27.9. The molecule has 3 aromatic rings. The van der Waals surface area contributed by atoms with Crippen LogP contribution < -0.4 is 15.4 Å². The van der Waals surface area contributed by atoms with E-state index in [0.29, 0.717) is 40.0 Å². The molecule has 1 saturated heterocycles. The average molecular weight is 552 g/mol. The van der Waals surface area contributed by atoms with Crippen molar-refractivity contribution >= 4 is 45.9 Å². The number of carbonyl (C=O) groups is 1. The number of hydrogen-bond donors (Lipinski definition) is 3. The fourth-order valence-corrected chi connectivity index (χ4v) is 5.48. The number of halogens is 2. The number of ether oxygens (including phenoxy) is 1. The molecule has 0 amide bonds. The SMILES string of the molecule is CNc1cc2c(Nc3ccc(F)c(Cl)c3)c(C#N)cnc2cc1OC.O=C/C=C/CN1CC2CC(O)CC2C1. The summed E-state index contributed by atoms with van der Waals surface area (Å²) in [5.41, 5.74) is 2.91. The number of allylic oxidation sites excluding steroid dienone is 1. The fourth-order valence-electron chi connectivity index (χ4n) is 5.30. The van der Waals surface area contributed by atoms with Crippen molar-refractivity contribution in [2.45, 2.75) is 18.9 Å². The van der Waals surface area contributed by atoms with Crippen molar-refractivity contribution < 1.29 is 19.0 Å². The lowest BCUT2D eigenvalue weighted by Gasteiger charge is -2.15. The van der Waals surface area contributed by atoms with Crippen LogP contribution in [0.5, 0.6) is 5.75 Å². The van der Waals surface area contributed by atoms with E-state index in [9.17, 15) is 19.6 Å². The molecule has 2 aliphatic rings. The molecule has 2 heterocycles. The summed E-state index contributed by atoms with van der Waals surface area (Å²) in [6.45, 7) is 3.05. The smallest absolute Gasteiger partial charge is 0.144 e. The standard InChI is InChI=1S/C18H14ClFN4O.C11H17NO2/c1-22-16-6-12-15(7-17(16)25-2)23-9-10(8-21)18(12)24-11-3-4-14(20)13(19)5-11;13-4-2-1-3-12-7-9-5-11(14)6-10(9)8-12/h3-7,9,22H,1-2H3,(H,23,24);1-2,4,9-11,14H,3,5-8H2/b;2-1+. The number of nitrogens with zero attached hydrogens (tertiary/aromatic N) is 3. The highest BCUT2D eigenvalue weighted by Crippen LogP contribution is 2.38. The number of hydrogen-bond acceptors (Lipinski definition) is 8. The van der Waals surface area contributed by atoms with E-state index < -0.39 is 5.82 Å². The van der Waals surface area contributed by atoms with Gasteiger partial charge in [0.2, 0.25) is 0 Å². The van der Waals surface area contributed by atoms with E-state index in [0.717, 1.165) is 49.8 Å². The number of nitrogens with one attached hydrogen (secondary N) is 2. The Morgan fingerprint density at radius 2 is 2.03 bits per heavy atom. The molecule has 8 nitrogen and oxygen atoms in total. The lowest BCUT2D eigenvalue weighted by molar-refractivity contribution is -0.104. The Hall–Kier alpha value is -3.71. The van der Waals surface area contributed by atoms with Crippen molar-refractivity contribution in [2.24, 2.45) is 11.8 Å². The lowest BCUT2D eigenvalue weighted by Crippen LogP contribution is -2.23. The largest absolute Gasteiger partial charge is 0.495 e. The van der Waals surface area contributed by atoms with Crippen molar-refractivity contribution in [2.75, 3.05) is 44.4 Å². The third kappa shape index (κ3) is 6.66. The molecule has 3 N–H and O–H groups in total. The van der Waals surface area contributed by atoms with Crippen LogP contribution in [-0.2, 0) is 4.79 Å². The zero-order valence-electron chi connectivity index (χ0n) is 21.8. The summed E-state index contributed by atoms with van der Waals surface area (Å²) in [6.07, 6.45) is 7.65. The topological polar surface area (TPSA) is 111 Å². The van der Waals surface area contributed by atoms with Crippen LogP contribution in [0.2, 0.25) is 5.02 Å². The predicted molar refractivity (Wildman–Crippen MR) is 151 cm³/mol. The van der Waals surface area contributed by atoms with Crippen LogP contribution in [0, 0.1) is 29.0 Å². The molecule has 2 unspecified atom stereocenters. The molecule has 1 saturated carbocycles. The maximum absolute atomic E-state index is 13.4. The van der Waals surface area contributed by atoms with Crippen molar-refractivity contribution in [1.29, 1.82) is 5.26 Å². The first-order chi connectivity index (χ1) is 18.9.